The third kappa shape index (κ3) is 3.21. The van der Waals surface area contributed by atoms with Gasteiger partial charge in [0.05, 0.1) is 6.10 Å². The molecule has 0 radical (unpaired) electrons. The first kappa shape index (κ1) is 14.9. The van der Waals surface area contributed by atoms with Gasteiger partial charge in [-0.25, -0.2) is 0 Å². The van der Waals surface area contributed by atoms with Crippen molar-refractivity contribution in [2.45, 2.75) is 58.7 Å². The maximum atomic E-state index is 5.82. The molecule has 1 aliphatic rings. The van der Waals surface area contributed by atoms with Gasteiger partial charge in [0.2, 0.25) is 0 Å². The van der Waals surface area contributed by atoms with Crippen LogP contribution < -0.4 is 5.32 Å². The van der Waals surface area contributed by atoms with E-state index in [2.05, 4.69) is 52.0 Å². The fourth-order valence-electron chi connectivity index (χ4n) is 2.56. The van der Waals surface area contributed by atoms with Gasteiger partial charge < -0.3 is 15.0 Å². The number of nitrogens with zero attached hydrogens (tertiary/aromatic N) is 1. The van der Waals surface area contributed by atoms with E-state index >= 15 is 0 Å². The molecule has 0 bridgehead atoms. The molecule has 1 rings (SSSR count). The Morgan fingerprint density at radius 1 is 1.41 bits per heavy atom. The summed E-state index contributed by atoms with van der Waals surface area (Å²) in [4.78, 5) is 2.26. The molecule has 1 fully saturated rings. The minimum absolute atomic E-state index is 0.321. The molecular weight excluding hydrogens is 212 g/mol. The van der Waals surface area contributed by atoms with Gasteiger partial charge in [-0.05, 0) is 40.8 Å². The van der Waals surface area contributed by atoms with Crippen molar-refractivity contribution in [3.8, 4) is 0 Å². The van der Waals surface area contributed by atoms with Crippen LogP contribution in [0.4, 0.5) is 0 Å². The van der Waals surface area contributed by atoms with Gasteiger partial charge in [0, 0.05) is 30.7 Å². The van der Waals surface area contributed by atoms with E-state index in [4.69, 9.17) is 4.74 Å². The van der Waals surface area contributed by atoms with Gasteiger partial charge in [0.1, 0.15) is 0 Å². The van der Waals surface area contributed by atoms with Crippen molar-refractivity contribution in [1.29, 1.82) is 0 Å². The number of nitrogens with one attached hydrogen (secondary N) is 1. The topological polar surface area (TPSA) is 24.5 Å². The smallest absolute Gasteiger partial charge is 0.0658 e. The molecule has 0 aliphatic heterocycles. The van der Waals surface area contributed by atoms with E-state index in [0.717, 1.165) is 13.2 Å². The minimum atomic E-state index is 0.321. The molecule has 0 aromatic carbocycles. The zero-order chi connectivity index (χ0) is 13.1. The van der Waals surface area contributed by atoms with Crippen LogP contribution in [0.5, 0.6) is 0 Å². The maximum absolute atomic E-state index is 5.82. The van der Waals surface area contributed by atoms with Crippen molar-refractivity contribution in [2.75, 3.05) is 27.2 Å². The summed E-state index contributed by atoms with van der Waals surface area (Å²) < 4.78 is 5.82. The molecule has 0 aromatic rings. The van der Waals surface area contributed by atoms with Gasteiger partial charge >= 0.3 is 0 Å². The molecule has 4 atom stereocenters. The quantitative estimate of drug-likeness (QED) is 0.740. The Bertz CT molecular complexity index is 232. The summed E-state index contributed by atoms with van der Waals surface area (Å²) in [5.74, 6) is 0. The lowest BCUT2D eigenvalue weighted by Crippen LogP contribution is -2.63. The molecule has 0 heterocycles. The number of rotatable bonds is 7. The SMILES string of the molecule is CCOC1CC(NCC(C)N(C)C)C1(C)CC. The summed E-state index contributed by atoms with van der Waals surface area (Å²) in [5, 5.41) is 3.71. The van der Waals surface area contributed by atoms with Gasteiger partial charge in [-0.3, -0.25) is 0 Å². The molecule has 0 aromatic heterocycles. The van der Waals surface area contributed by atoms with Crippen molar-refractivity contribution in [3.63, 3.8) is 0 Å². The van der Waals surface area contributed by atoms with E-state index in [9.17, 15) is 0 Å². The number of likely N-dealkylation sites (N-methyl/N-ethyl adjacent to an activating group) is 1. The lowest BCUT2D eigenvalue weighted by Gasteiger charge is -2.54. The molecule has 3 nitrogen and oxygen atoms in total. The number of ether oxygens (including phenoxy) is 1. The average molecular weight is 242 g/mol. The lowest BCUT2D eigenvalue weighted by molar-refractivity contribution is -0.126. The fourth-order valence-corrected chi connectivity index (χ4v) is 2.56. The Hall–Kier alpha value is -0.120. The third-order valence-electron chi connectivity index (χ3n) is 4.65. The minimum Gasteiger partial charge on any atom is -0.378 e. The zero-order valence-corrected chi connectivity index (χ0v) is 12.4. The van der Waals surface area contributed by atoms with Gasteiger partial charge in [-0.1, -0.05) is 13.8 Å². The van der Waals surface area contributed by atoms with E-state index in [1.807, 2.05) is 0 Å². The normalized spacial score (nSPS) is 34.8. The standard InChI is InChI=1S/C14H30N2O/c1-7-14(4)12(9-13(14)17-8-2)15-10-11(3)16(5)6/h11-13,15H,7-10H2,1-6H3. The Morgan fingerprint density at radius 2 is 2.06 bits per heavy atom. The first-order chi connectivity index (χ1) is 7.95. The first-order valence-corrected chi connectivity index (χ1v) is 6.97. The molecule has 1 N–H and O–H groups in total. The molecule has 17 heavy (non-hydrogen) atoms. The van der Waals surface area contributed by atoms with E-state index in [1.54, 1.807) is 0 Å². The van der Waals surface area contributed by atoms with Crippen molar-refractivity contribution in [3.05, 3.63) is 0 Å². The van der Waals surface area contributed by atoms with Crippen molar-refractivity contribution >= 4 is 0 Å². The second-order valence-corrected chi connectivity index (χ2v) is 5.81. The molecule has 4 unspecified atom stereocenters. The monoisotopic (exact) mass is 242 g/mol. The van der Waals surface area contributed by atoms with E-state index in [-0.39, 0.29) is 0 Å². The zero-order valence-electron chi connectivity index (χ0n) is 12.4. The van der Waals surface area contributed by atoms with Gasteiger partial charge in [0.15, 0.2) is 0 Å². The first-order valence-electron chi connectivity index (χ1n) is 6.97. The molecule has 1 saturated carbocycles. The second kappa shape index (κ2) is 6.17. The highest BCUT2D eigenvalue weighted by Gasteiger charge is 2.50. The summed E-state index contributed by atoms with van der Waals surface area (Å²) in [6.07, 6.45) is 2.80. The van der Waals surface area contributed by atoms with Crippen LogP contribution in [-0.2, 0) is 4.74 Å². The molecule has 3 heteroatoms. The van der Waals surface area contributed by atoms with Gasteiger partial charge in [-0.2, -0.15) is 0 Å². The van der Waals surface area contributed by atoms with Crippen LogP contribution in [-0.4, -0.2) is 50.3 Å². The predicted molar refractivity (Wildman–Crippen MR) is 73.4 cm³/mol. The van der Waals surface area contributed by atoms with E-state index in [0.29, 0.717) is 23.6 Å². The lowest BCUT2D eigenvalue weighted by atomic mass is 9.61. The van der Waals surface area contributed by atoms with E-state index < -0.39 is 0 Å². The Labute approximate surface area is 107 Å². The molecular formula is C14H30N2O. The van der Waals surface area contributed by atoms with Crippen LogP contribution in [0.1, 0.15) is 40.5 Å². The van der Waals surface area contributed by atoms with Crippen LogP contribution in [0.3, 0.4) is 0 Å². The fraction of sp³-hybridized carbons (Fsp3) is 1.00. The van der Waals surface area contributed by atoms with Crippen LogP contribution in [0.25, 0.3) is 0 Å². The van der Waals surface area contributed by atoms with Crippen LogP contribution in [0.15, 0.2) is 0 Å². The van der Waals surface area contributed by atoms with Gasteiger partial charge in [0.25, 0.3) is 0 Å². The highest BCUT2D eigenvalue weighted by molar-refractivity contribution is 5.04. The van der Waals surface area contributed by atoms with E-state index in [1.165, 1.54) is 12.8 Å². The highest BCUT2D eigenvalue weighted by Crippen LogP contribution is 2.45. The largest absolute Gasteiger partial charge is 0.378 e. The summed E-state index contributed by atoms with van der Waals surface area (Å²) in [6, 6.07) is 1.20. The Kier molecular flexibility index (Phi) is 5.42. The summed E-state index contributed by atoms with van der Waals surface area (Å²) >= 11 is 0. The Morgan fingerprint density at radius 3 is 2.53 bits per heavy atom. The average Bonchev–Trinajstić information content (AvgIpc) is 2.30. The summed E-state index contributed by atoms with van der Waals surface area (Å²) in [6.45, 7) is 10.9. The van der Waals surface area contributed by atoms with Crippen LogP contribution in [0, 0.1) is 5.41 Å². The highest BCUT2D eigenvalue weighted by atomic mass is 16.5. The van der Waals surface area contributed by atoms with Crippen LogP contribution >= 0.6 is 0 Å². The summed E-state index contributed by atoms with van der Waals surface area (Å²) in [5.41, 5.74) is 0.321. The predicted octanol–water partition coefficient (Wildman–Crippen LogP) is 2.12. The maximum Gasteiger partial charge on any atom is 0.0658 e. The molecule has 0 saturated heterocycles. The number of hydrogen-bond donors (Lipinski definition) is 1. The molecule has 1 aliphatic carbocycles. The van der Waals surface area contributed by atoms with Crippen molar-refractivity contribution < 1.29 is 4.74 Å². The van der Waals surface area contributed by atoms with Crippen molar-refractivity contribution in [2.24, 2.45) is 5.41 Å². The molecule has 0 amide bonds. The molecule has 102 valence electrons. The second-order valence-electron chi connectivity index (χ2n) is 5.81. The summed E-state index contributed by atoms with van der Waals surface area (Å²) in [7, 11) is 4.27. The van der Waals surface area contributed by atoms with Crippen molar-refractivity contribution in [1.82, 2.24) is 10.2 Å². The van der Waals surface area contributed by atoms with Gasteiger partial charge in [-0.15, -0.1) is 0 Å². The third-order valence-corrected chi connectivity index (χ3v) is 4.65. The molecule has 0 spiro atoms. The van der Waals surface area contributed by atoms with Crippen LogP contribution in [0.2, 0.25) is 0 Å². The number of hydrogen-bond acceptors (Lipinski definition) is 3. The Balaban J connectivity index is 2.41.